The zero-order chi connectivity index (χ0) is 18.5. The number of hydrogen-bond acceptors (Lipinski definition) is 4. The van der Waals surface area contributed by atoms with Crippen LogP contribution < -0.4 is 10.6 Å². The Labute approximate surface area is 159 Å². The summed E-state index contributed by atoms with van der Waals surface area (Å²) in [5.74, 6) is 1.11. The highest BCUT2D eigenvalue weighted by Gasteiger charge is 2.16. The van der Waals surface area contributed by atoms with E-state index in [2.05, 4.69) is 35.5 Å². The van der Waals surface area contributed by atoms with Crippen molar-refractivity contribution in [2.75, 3.05) is 6.54 Å². The van der Waals surface area contributed by atoms with E-state index in [1.807, 2.05) is 13.0 Å². The molecule has 0 saturated carbocycles. The van der Waals surface area contributed by atoms with E-state index in [9.17, 15) is 5.11 Å². The van der Waals surface area contributed by atoms with Gasteiger partial charge in [-0.05, 0) is 63.6 Å². The van der Waals surface area contributed by atoms with Crippen LogP contribution in [0, 0.1) is 13.8 Å². The summed E-state index contributed by atoms with van der Waals surface area (Å²) < 4.78 is 0. The maximum Gasteiger partial charge on any atom is 0.191 e. The Morgan fingerprint density at radius 3 is 2.77 bits per heavy atom. The van der Waals surface area contributed by atoms with Crippen LogP contribution in [0.5, 0.6) is 5.75 Å². The van der Waals surface area contributed by atoms with E-state index in [1.165, 1.54) is 28.8 Å². The van der Waals surface area contributed by atoms with Crippen LogP contribution >= 0.6 is 11.3 Å². The third-order valence-corrected chi connectivity index (χ3v) is 5.92. The molecule has 0 fully saturated rings. The molecular weight excluding hydrogens is 344 g/mol. The van der Waals surface area contributed by atoms with Crippen LogP contribution in [-0.2, 0) is 25.9 Å². The summed E-state index contributed by atoms with van der Waals surface area (Å²) in [6, 6.07) is 3.88. The molecule has 3 rings (SSSR count). The highest BCUT2D eigenvalue weighted by molar-refractivity contribution is 7.11. The predicted octanol–water partition coefficient (Wildman–Crippen LogP) is 3.60. The number of rotatable bonds is 5. The van der Waals surface area contributed by atoms with Crippen LogP contribution in [0.15, 0.2) is 17.1 Å². The van der Waals surface area contributed by atoms with Crippen LogP contribution in [-0.4, -0.2) is 22.6 Å². The number of hydrogen-bond donors (Lipinski definition) is 3. The van der Waals surface area contributed by atoms with Crippen molar-refractivity contribution in [3.8, 4) is 5.75 Å². The molecular formula is C20H28N4OS. The molecule has 1 aliphatic rings. The summed E-state index contributed by atoms with van der Waals surface area (Å²) in [5.41, 5.74) is 4.72. The van der Waals surface area contributed by atoms with Crippen LogP contribution in [0.3, 0.4) is 0 Å². The average Bonchev–Trinajstić information content (AvgIpc) is 2.96. The number of fused-ring (bicyclic) bond motifs is 1. The predicted molar refractivity (Wildman–Crippen MR) is 108 cm³/mol. The molecule has 0 spiro atoms. The smallest absolute Gasteiger partial charge is 0.191 e. The second-order valence-corrected chi connectivity index (χ2v) is 7.99. The van der Waals surface area contributed by atoms with Crippen LogP contribution in [0.2, 0.25) is 0 Å². The molecule has 140 valence electrons. The monoisotopic (exact) mass is 372 g/mol. The molecule has 0 saturated heterocycles. The number of benzene rings is 1. The van der Waals surface area contributed by atoms with E-state index in [-0.39, 0.29) is 0 Å². The number of aryl methyl sites for hydroxylation is 3. The molecule has 1 aromatic carbocycles. The molecule has 0 aliphatic heterocycles. The van der Waals surface area contributed by atoms with E-state index in [1.54, 1.807) is 11.3 Å². The number of nitrogens with one attached hydrogen (secondary N) is 2. The summed E-state index contributed by atoms with van der Waals surface area (Å²) in [6.07, 6.45) is 4.56. The molecule has 0 amide bonds. The Morgan fingerprint density at radius 1 is 1.23 bits per heavy atom. The lowest BCUT2D eigenvalue weighted by Crippen LogP contribution is -2.36. The van der Waals surface area contributed by atoms with Gasteiger partial charge in [-0.2, -0.15) is 0 Å². The quantitative estimate of drug-likeness (QED) is 0.554. The van der Waals surface area contributed by atoms with Gasteiger partial charge in [0, 0.05) is 17.0 Å². The van der Waals surface area contributed by atoms with Crippen LogP contribution in [0.4, 0.5) is 0 Å². The first kappa shape index (κ1) is 18.7. The SMILES string of the molecule is CCNC(=NCc1c(O)ccc2c1CCCC2)NCc1nc(C)c(C)s1. The van der Waals surface area contributed by atoms with Gasteiger partial charge >= 0.3 is 0 Å². The number of aromatic hydroxyl groups is 1. The molecule has 5 nitrogen and oxygen atoms in total. The molecule has 0 unspecified atom stereocenters. The minimum Gasteiger partial charge on any atom is -0.508 e. The zero-order valence-electron chi connectivity index (χ0n) is 15.9. The molecule has 1 aliphatic carbocycles. The number of thiazole rings is 1. The Balaban J connectivity index is 1.73. The van der Waals surface area contributed by atoms with E-state index in [0.29, 0.717) is 18.8 Å². The Hall–Kier alpha value is -2.08. The van der Waals surface area contributed by atoms with Gasteiger partial charge in [0.05, 0.1) is 18.8 Å². The zero-order valence-corrected chi connectivity index (χ0v) is 16.7. The first-order chi connectivity index (χ1) is 12.6. The number of phenols is 1. The topological polar surface area (TPSA) is 69.5 Å². The van der Waals surface area contributed by atoms with Crippen molar-refractivity contribution in [2.45, 2.75) is 59.5 Å². The molecule has 1 aromatic heterocycles. The third-order valence-electron chi connectivity index (χ3n) is 4.85. The highest BCUT2D eigenvalue weighted by Crippen LogP contribution is 2.31. The summed E-state index contributed by atoms with van der Waals surface area (Å²) in [7, 11) is 0. The highest BCUT2D eigenvalue weighted by atomic mass is 32.1. The number of nitrogens with zero attached hydrogens (tertiary/aromatic N) is 2. The molecule has 6 heteroatoms. The van der Waals surface area contributed by atoms with Gasteiger partial charge in [-0.1, -0.05) is 6.07 Å². The first-order valence-electron chi connectivity index (χ1n) is 9.36. The second-order valence-electron chi connectivity index (χ2n) is 6.71. The maximum absolute atomic E-state index is 10.3. The van der Waals surface area contributed by atoms with E-state index in [4.69, 9.17) is 4.99 Å². The largest absolute Gasteiger partial charge is 0.508 e. The van der Waals surface area contributed by atoms with E-state index < -0.39 is 0 Å². The van der Waals surface area contributed by atoms with Crippen LogP contribution in [0.25, 0.3) is 0 Å². The summed E-state index contributed by atoms with van der Waals surface area (Å²) in [5, 5.41) is 18.0. The number of aromatic nitrogens is 1. The van der Waals surface area contributed by atoms with Crippen molar-refractivity contribution in [1.29, 1.82) is 0 Å². The minimum atomic E-state index is 0.358. The van der Waals surface area contributed by atoms with E-state index >= 15 is 0 Å². The Bertz CT molecular complexity index is 778. The van der Waals surface area contributed by atoms with Crippen molar-refractivity contribution in [3.05, 3.63) is 44.4 Å². The normalized spacial score (nSPS) is 14.2. The molecule has 0 bridgehead atoms. The van der Waals surface area contributed by atoms with E-state index in [0.717, 1.165) is 41.6 Å². The van der Waals surface area contributed by atoms with Gasteiger partial charge in [0.15, 0.2) is 5.96 Å². The number of guanidine groups is 1. The lowest BCUT2D eigenvalue weighted by molar-refractivity contribution is 0.465. The fourth-order valence-electron chi connectivity index (χ4n) is 3.34. The van der Waals surface area contributed by atoms with Gasteiger partial charge in [0.1, 0.15) is 10.8 Å². The van der Waals surface area contributed by atoms with Crippen molar-refractivity contribution in [2.24, 2.45) is 4.99 Å². The number of aliphatic imine (C=N–C) groups is 1. The van der Waals surface area contributed by atoms with Gasteiger partial charge in [0.25, 0.3) is 0 Å². The molecule has 1 heterocycles. The van der Waals surface area contributed by atoms with Crippen LogP contribution in [0.1, 0.15) is 52.0 Å². The molecule has 2 aromatic rings. The summed E-state index contributed by atoms with van der Waals surface area (Å²) >= 11 is 1.71. The first-order valence-corrected chi connectivity index (χ1v) is 10.2. The summed E-state index contributed by atoms with van der Waals surface area (Å²) in [4.78, 5) is 10.5. The minimum absolute atomic E-state index is 0.358. The average molecular weight is 373 g/mol. The lowest BCUT2D eigenvalue weighted by atomic mass is 9.88. The Morgan fingerprint density at radius 2 is 2.04 bits per heavy atom. The number of phenolic OH excluding ortho intramolecular Hbond substituents is 1. The fourth-order valence-corrected chi connectivity index (χ4v) is 4.22. The lowest BCUT2D eigenvalue weighted by Gasteiger charge is -2.20. The van der Waals surface area contributed by atoms with Crippen molar-refractivity contribution in [1.82, 2.24) is 15.6 Å². The maximum atomic E-state index is 10.3. The van der Waals surface area contributed by atoms with Crippen molar-refractivity contribution >= 4 is 17.3 Å². The van der Waals surface area contributed by atoms with Gasteiger partial charge in [-0.25, -0.2) is 9.98 Å². The van der Waals surface area contributed by atoms with Gasteiger partial charge < -0.3 is 15.7 Å². The fraction of sp³-hybridized carbons (Fsp3) is 0.500. The molecule has 26 heavy (non-hydrogen) atoms. The van der Waals surface area contributed by atoms with Gasteiger partial charge in [-0.15, -0.1) is 11.3 Å². The Kier molecular flexibility index (Phi) is 6.14. The van der Waals surface area contributed by atoms with Crippen molar-refractivity contribution < 1.29 is 5.11 Å². The van der Waals surface area contributed by atoms with Gasteiger partial charge in [0.2, 0.25) is 0 Å². The molecule has 0 radical (unpaired) electrons. The second kappa shape index (κ2) is 8.54. The standard InChI is InChI=1S/C20H28N4OS/c1-4-21-20(23-12-19-24-13(2)14(3)26-19)22-11-17-16-8-6-5-7-15(16)9-10-18(17)25/h9-10,25H,4-8,11-12H2,1-3H3,(H2,21,22,23). The molecule has 0 atom stereocenters. The molecule has 3 N–H and O–H groups in total. The third kappa shape index (κ3) is 4.36. The summed E-state index contributed by atoms with van der Waals surface area (Å²) in [6.45, 7) is 8.12. The van der Waals surface area contributed by atoms with Gasteiger partial charge in [-0.3, -0.25) is 0 Å². The van der Waals surface area contributed by atoms with Crippen molar-refractivity contribution in [3.63, 3.8) is 0 Å².